The van der Waals surface area contributed by atoms with Gasteiger partial charge in [0.1, 0.15) is 0 Å². The third-order valence-electron chi connectivity index (χ3n) is 5.33. The van der Waals surface area contributed by atoms with Crippen molar-refractivity contribution in [2.75, 3.05) is 13.2 Å². The van der Waals surface area contributed by atoms with Crippen molar-refractivity contribution in [1.29, 1.82) is 0 Å². The first kappa shape index (κ1) is 16.3. The van der Waals surface area contributed by atoms with Gasteiger partial charge in [0, 0.05) is 18.2 Å². The van der Waals surface area contributed by atoms with E-state index in [1.807, 2.05) is 0 Å². The first-order chi connectivity index (χ1) is 12.1. The molecule has 2 aliphatic heterocycles. The van der Waals surface area contributed by atoms with Crippen LogP contribution in [0.1, 0.15) is 69.6 Å². The highest BCUT2D eigenvalue weighted by Crippen LogP contribution is 2.26. The van der Waals surface area contributed by atoms with Crippen molar-refractivity contribution in [2.45, 2.75) is 50.7 Å². The Morgan fingerprint density at radius 1 is 1.08 bits per heavy atom. The average molecular weight is 342 g/mol. The summed E-state index contributed by atoms with van der Waals surface area (Å²) in [4.78, 5) is 38.8. The van der Waals surface area contributed by atoms with Crippen LogP contribution in [-0.4, -0.2) is 47.9 Å². The van der Waals surface area contributed by atoms with E-state index >= 15 is 0 Å². The van der Waals surface area contributed by atoms with Gasteiger partial charge in [0.05, 0.1) is 23.8 Å². The van der Waals surface area contributed by atoms with Crippen molar-refractivity contribution in [3.63, 3.8) is 0 Å². The molecule has 0 radical (unpaired) electrons. The number of hydrogen-bond donors (Lipinski definition) is 1. The summed E-state index contributed by atoms with van der Waals surface area (Å²) in [7, 11) is 0. The number of carbonyl (C=O) groups excluding carboxylic acids is 3. The smallest absolute Gasteiger partial charge is 0.261 e. The minimum absolute atomic E-state index is 0.0765. The molecule has 0 aromatic heterocycles. The summed E-state index contributed by atoms with van der Waals surface area (Å²) in [6, 6.07) is 4.99. The molecule has 4 rings (SSSR count). The highest BCUT2D eigenvalue weighted by Gasteiger charge is 2.38. The second kappa shape index (κ2) is 6.59. The molecule has 0 bridgehead atoms. The van der Waals surface area contributed by atoms with E-state index in [9.17, 15) is 14.4 Å². The fourth-order valence-corrected chi connectivity index (χ4v) is 3.93. The van der Waals surface area contributed by atoms with E-state index in [2.05, 4.69) is 5.32 Å². The number of nitrogens with one attached hydrogen (secondary N) is 1. The Hall–Kier alpha value is -2.21. The molecule has 1 aromatic rings. The largest absolute Gasteiger partial charge is 0.376 e. The van der Waals surface area contributed by atoms with Gasteiger partial charge in [0.15, 0.2) is 0 Å². The Labute approximate surface area is 146 Å². The molecule has 1 atom stereocenters. The van der Waals surface area contributed by atoms with E-state index in [1.54, 1.807) is 18.2 Å². The number of rotatable bonds is 4. The van der Waals surface area contributed by atoms with Gasteiger partial charge >= 0.3 is 0 Å². The maximum Gasteiger partial charge on any atom is 0.261 e. The van der Waals surface area contributed by atoms with Crippen LogP contribution in [0.5, 0.6) is 0 Å². The second-order valence-corrected chi connectivity index (χ2v) is 7.07. The van der Waals surface area contributed by atoms with Gasteiger partial charge in [-0.15, -0.1) is 0 Å². The van der Waals surface area contributed by atoms with Crippen LogP contribution in [0.15, 0.2) is 18.2 Å². The first-order valence-electron chi connectivity index (χ1n) is 9.06. The summed E-state index contributed by atoms with van der Waals surface area (Å²) >= 11 is 0. The third kappa shape index (κ3) is 3.06. The Morgan fingerprint density at radius 3 is 2.56 bits per heavy atom. The lowest BCUT2D eigenvalue weighted by atomic mass is 10.0. The molecule has 2 fully saturated rings. The van der Waals surface area contributed by atoms with E-state index in [4.69, 9.17) is 4.74 Å². The summed E-state index contributed by atoms with van der Waals surface area (Å²) in [6.45, 7) is 0.968. The van der Waals surface area contributed by atoms with E-state index in [-0.39, 0.29) is 36.4 Å². The van der Waals surface area contributed by atoms with Crippen molar-refractivity contribution >= 4 is 17.7 Å². The Bertz CT molecular complexity index is 718. The monoisotopic (exact) mass is 342 g/mol. The Balaban J connectivity index is 1.51. The predicted molar refractivity (Wildman–Crippen MR) is 90.5 cm³/mol. The molecule has 6 heteroatoms. The maximum absolute atomic E-state index is 12.6. The minimum Gasteiger partial charge on any atom is -0.376 e. The highest BCUT2D eigenvalue weighted by molar-refractivity contribution is 6.22. The molecular weight excluding hydrogens is 320 g/mol. The van der Waals surface area contributed by atoms with Gasteiger partial charge < -0.3 is 10.1 Å². The summed E-state index contributed by atoms with van der Waals surface area (Å²) in [5.74, 6) is -0.795. The van der Waals surface area contributed by atoms with Crippen LogP contribution in [0.2, 0.25) is 0 Å². The van der Waals surface area contributed by atoms with Crippen molar-refractivity contribution in [3.05, 3.63) is 34.9 Å². The number of carbonyl (C=O) groups is 3. The van der Waals surface area contributed by atoms with Gasteiger partial charge in [0.25, 0.3) is 17.7 Å². The number of nitrogens with zero attached hydrogens (tertiary/aromatic N) is 1. The molecule has 1 aromatic carbocycles. The van der Waals surface area contributed by atoms with Gasteiger partial charge in [-0.3, -0.25) is 19.3 Å². The average Bonchev–Trinajstić information content (AvgIpc) is 3.35. The molecule has 3 amide bonds. The zero-order valence-electron chi connectivity index (χ0n) is 14.1. The lowest BCUT2D eigenvalue weighted by Crippen LogP contribution is -2.36. The van der Waals surface area contributed by atoms with E-state index < -0.39 is 0 Å². The van der Waals surface area contributed by atoms with Gasteiger partial charge in [0.2, 0.25) is 0 Å². The lowest BCUT2D eigenvalue weighted by Gasteiger charge is -2.17. The fourth-order valence-electron chi connectivity index (χ4n) is 3.93. The summed E-state index contributed by atoms with van der Waals surface area (Å²) < 4.78 is 5.54. The zero-order valence-corrected chi connectivity index (χ0v) is 14.1. The SMILES string of the molecule is O=C(NC1CCCC1)c1ccc2c(c1)C(=O)N(C[C@H]1CCCO1)C2=O. The predicted octanol–water partition coefficient (Wildman–Crippen LogP) is 2.13. The molecular formula is C19H22N2O4. The third-order valence-corrected chi connectivity index (χ3v) is 5.33. The van der Waals surface area contributed by atoms with E-state index in [0.717, 1.165) is 38.5 Å². The van der Waals surface area contributed by atoms with Gasteiger partial charge in [-0.25, -0.2) is 0 Å². The van der Waals surface area contributed by atoms with Crippen LogP contribution in [0.25, 0.3) is 0 Å². The topological polar surface area (TPSA) is 75.7 Å². The molecule has 1 saturated carbocycles. The van der Waals surface area contributed by atoms with Gasteiger partial charge in [-0.05, 0) is 43.9 Å². The molecule has 2 heterocycles. The lowest BCUT2D eigenvalue weighted by molar-refractivity contribution is 0.0475. The number of amides is 3. The molecule has 1 saturated heterocycles. The Morgan fingerprint density at radius 2 is 1.84 bits per heavy atom. The molecule has 0 unspecified atom stereocenters. The molecule has 132 valence electrons. The Kier molecular flexibility index (Phi) is 4.29. The molecule has 1 aliphatic carbocycles. The molecule has 3 aliphatic rings. The quantitative estimate of drug-likeness (QED) is 0.851. The van der Waals surface area contributed by atoms with Crippen LogP contribution >= 0.6 is 0 Å². The normalized spacial score (nSPS) is 23.4. The van der Waals surface area contributed by atoms with Crippen molar-refractivity contribution in [3.8, 4) is 0 Å². The van der Waals surface area contributed by atoms with Crippen LogP contribution in [0.4, 0.5) is 0 Å². The number of fused-ring (bicyclic) bond motifs is 1. The van der Waals surface area contributed by atoms with Crippen molar-refractivity contribution in [2.24, 2.45) is 0 Å². The minimum atomic E-state index is -0.328. The van der Waals surface area contributed by atoms with Crippen LogP contribution in [0, 0.1) is 0 Å². The zero-order chi connectivity index (χ0) is 17.4. The summed E-state index contributed by atoms with van der Waals surface area (Å²) in [5, 5.41) is 3.01. The molecule has 0 spiro atoms. The first-order valence-corrected chi connectivity index (χ1v) is 9.06. The van der Waals surface area contributed by atoms with Crippen molar-refractivity contribution < 1.29 is 19.1 Å². The standard InChI is InChI=1S/C19H22N2O4/c22-17(20-13-4-1-2-5-13)12-7-8-15-16(10-12)19(24)21(18(15)23)11-14-6-3-9-25-14/h7-8,10,13-14H,1-6,9,11H2,(H,20,22)/t14-/m1/s1. The van der Waals surface area contributed by atoms with E-state index in [0.29, 0.717) is 23.3 Å². The van der Waals surface area contributed by atoms with Gasteiger partial charge in [-0.2, -0.15) is 0 Å². The molecule has 25 heavy (non-hydrogen) atoms. The second-order valence-electron chi connectivity index (χ2n) is 7.07. The summed E-state index contributed by atoms with van der Waals surface area (Å²) in [6.07, 6.45) is 6.03. The fraction of sp³-hybridized carbons (Fsp3) is 0.526. The summed E-state index contributed by atoms with van der Waals surface area (Å²) in [5.41, 5.74) is 1.13. The van der Waals surface area contributed by atoms with E-state index in [1.165, 1.54) is 4.90 Å². The molecule has 1 N–H and O–H groups in total. The molecule has 6 nitrogen and oxygen atoms in total. The highest BCUT2D eigenvalue weighted by atomic mass is 16.5. The number of benzene rings is 1. The number of hydrogen-bond acceptors (Lipinski definition) is 4. The van der Waals surface area contributed by atoms with Gasteiger partial charge in [-0.1, -0.05) is 12.8 Å². The van der Waals surface area contributed by atoms with Crippen LogP contribution in [-0.2, 0) is 4.74 Å². The number of ether oxygens (including phenoxy) is 1. The van der Waals surface area contributed by atoms with Crippen LogP contribution < -0.4 is 5.32 Å². The number of imide groups is 1. The maximum atomic E-state index is 12.6. The van der Waals surface area contributed by atoms with Crippen molar-refractivity contribution in [1.82, 2.24) is 10.2 Å². The van der Waals surface area contributed by atoms with Crippen LogP contribution in [0.3, 0.4) is 0 Å².